The van der Waals surface area contributed by atoms with Crippen LogP contribution < -0.4 is 0 Å². The predicted octanol–water partition coefficient (Wildman–Crippen LogP) is 2.68. The highest BCUT2D eigenvalue weighted by Crippen LogP contribution is 2.26. The van der Waals surface area contributed by atoms with Gasteiger partial charge in [-0.3, -0.25) is 0 Å². The fourth-order valence-corrected chi connectivity index (χ4v) is 1.73. The summed E-state index contributed by atoms with van der Waals surface area (Å²) >= 11 is 0. The summed E-state index contributed by atoms with van der Waals surface area (Å²) in [7, 11) is 0. The van der Waals surface area contributed by atoms with Gasteiger partial charge in [-0.25, -0.2) is 0 Å². The van der Waals surface area contributed by atoms with Crippen LogP contribution in [0, 0.1) is 23.2 Å². The van der Waals surface area contributed by atoms with Crippen molar-refractivity contribution in [2.45, 2.75) is 19.4 Å². The first kappa shape index (κ1) is 13.0. The van der Waals surface area contributed by atoms with Crippen molar-refractivity contribution in [2.75, 3.05) is 0 Å². The Balaban J connectivity index is 2.54. The lowest BCUT2D eigenvalue weighted by Crippen LogP contribution is -2.14. The van der Waals surface area contributed by atoms with E-state index in [1.165, 1.54) is 0 Å². The summed E-state index contributed by atoms with van der Waals surface area (Å²) in [5.41, 5.74) is 2.04. The molecule has 0 saturated carbocycles. The number of nitrogens with one attached hydrogen (secondary N) is 1. The zero-order valence-corrected chi connectivity index (χ0v) is 10.9. The van der Waals surface area contributed by atoms with Gasteiger partial charge >= 0.3 is 0 Å². The molecule has 1 aromatic heterocycles. The summed E-state index contributed by atoms with van der Waals surface area (Å²) in [6, 6.07) is 9.72. The molecular weight excluding hydrogens is 236 g/mol. The third-order valence-corrected chi connectivity index (χ3v) is 2.59. The molecule has 0 aliphatic heterocycles. The Hall–Kier alpha value is -2.49. The lowest BCUT2D eigenvalue weighted by atomic mass is 9.99. The van der Waals surface area contributed by atoms with Crippen LogP contribution >= 0.6 is 0 Å². The van der Waals surface area contributed by atoms with Crippen molar-refractivity contribution in [3.05, 3.63) is 47.8 Å². The molecule has 94 valence electrons. The van der Waals surface area contributed by atoms with Crippen molar-refractivity contribution in [1.82, 2.24) is 4.98 Å². The van der Waals surface area contributed by atoms with E-state index in [2.05, 4.69) is 22.9 Å². The van der Waals surface area contributed by atoms with Crippen molar-refractivity contribution in [1.29, 1.82) is 5.26 Å². The number of hydrogen-bond donors (Lipinski definition) is 2. The average Bonchev–Trinajstić information content (AvgIpc) is 2.84. The lowest BCUT2D eigenvalue weighted by Gasteiger charge is -2.07. The maximum Gasteiger partial charge on any atom is 0.120 e. The van der Waals surface area contributed by atoms with Crippen LogP contribution in [0.15, 0.2) is 36.7 Å². The van der Waals surface area contributed by atoms with Gasteiger partial charge in [0.1, 0.15) is 11.7 Å². The number of hydrogen-bond acceptors (Lipinski definition) is 2. The van der Waals surface area contributed by atoms with Gasteiger partial charge in [-0.15, -0.1) is 0 Å². The van der Waals surface area contributed by atoms with Gasteiger partial charge in [0.15, 0.2) is 0 Å². The van der Waals surface area contributed by atoms with Crippen molar-refractivity contribution < 1.29 is 5.11 Å². The minimum absolute atomic E-state index is 0.581. The number of aromatic nitrogens is 1. The number of H-pyrrole nitrogens is 1. The fourth-order valence-electron chi connectivity index (χ4n) is 1.73. The molecule has 3 heteroatoms. The molecule has 0 unspecified atom stereocenters. The van der Waals surface area contributed by atoms with Crippen LogP contribution in [0.2, 0.25) is 0 Å². The molecule has 2 aromatic rings. The van der Waals surface area contributed by atoms with E-state index in [4.69, 9.17) is 5.26 Å². The minimum atomic E-state index is -1.04. The lowest BCUT2D eigenvalue weighted by molar-refractivity contribution is 0.143. The smallest absolute Gasteiger partial charge is 0.120 e. The van der Waals surface area contributed by atoms with Crippen molar-refractivity contribution >= 4 is 0 Å². The number of benzene rings is 1. The Morgan fingerprint density at radius 3 is 2.53 bits per heavy atom. The minimum Gasteiger partial charge on any atom is -0.378 e. The molecule has 0 fully saturated rings. The zero-order chi connectivity index (χ0) is 13.9. The average molecular weight is 250 g/mol. The van der Waals surface area contributed by atoms with Gasteiger partial charge in [-0.2, -0.15) is 5.26 Å². The molecule has 0 saturated heterocycles. The molecule has 2 rings (SSSR count). The highest BCUT2D eigenvalue weighted by molar-refractivity contribution is 5.75. The second-order valence-electron chi connectivity index (χ2n) is 4.75. The van der Waals surface area contributed by atoms with Gasteiger partial charge < -0.3 is 10.1 Å². The molecule has 3 nitrogen and oxygen atoms in total. The number of nitrogens with zero attached hydrogens (tertiary/aromatic N) is 1. The first-order valence-corrected chi connectivity index (χ1v) is 5.93. The molecule has 1 heterocycles. The van der Waals surface area contributed by atoms with Crippen molar-refractivity contribution in [3.8, 4) is 29.0 Å². The van der Waals surface area contributed by atoms with Gasteiger partial charge in [0, 0.05) is 29.1 Å². The molecule has 0 bridgehead atoms. The molecule has 0 amide bonds. The Bertz CT molecular complexity index is 688. The summed E-state index contributed by atoms with van der Waals surface area (Å²) in [4.78, 5) is 2.93. The van der Waals surface area contributed by atoms with Crippen LogP contribution in [-0.2, 0) is 0 Å². The van der Waals surface area contributed by atoms with Crippen LogP contribution in [0.3, 0.4) is 0 Å². The van der Waals surface area contributed by atoms with Crippen LogP contribution in [-0.4, -0.2) is 15.7 Å². The summed E-state index contributed by atoms with van der Waals surface area (Å²) in [5.74, 6) is 5.76. The second-order valence-corrected chi connectivity index (χ2v) is 4.75. The molecule has 19 heavy (non-hydrogen) atoms. The second kappa shape index (κ2) is 5.02. The van der Waals surface area contributed by atoms with Gasteiger partial charge in [-0.1, -0.05) is 30.0 Å². The number of aromatic amines is 1. The van der Waals surface area contributed by atoms with Crippen LogP contribution in [0.5, 0.6) is 0 Å². The van der Waals surface area contributed by atoms with Gasteiger partial charge in [0.2, 0.25) is 0 Å². The summed E-state index contributed by atoms with van der Waals surface area (Å²) in [6.45, 7) is 3.28. The Morgan fingerprint density at radius 2 is 1.84 bits per heavy atom. The fraction of sp³-hybridized carbons (Fsp3) is 0.188. The molecule has 0 atom stereocenters. The number of nitriles is 1. The Labute approximate surface area is 112 Å². The van der Waals surface area contributed by atoms with Gasteiger partial charge in [0.25, 0.3) is 0 Å². The zero-order valence-electron chi connectivity index (χ0n) is 10.9. The number of aliphatic hydroxyl groups is 1. The third-order valence-electron chi connectivity index (χ3n) is 2.59. The van der Waals surface area contributed by atoms with Gasteiger partial charge in [-0.05, 0) is 19.9 Å². The van der Waals surface area contributed by atoms with E-state index in [9.17, 15) is 5.11 Å². The van der Waals surface area contributed by atoms with E-state index in [1.54, 1.807) is 26.2 Å². The summed E-state index contributed by atoms with van der Waals surface area (Å²) < 4.78 is 0. The first-order valence-electron chi connectivity index (χ1n) is 5.93. The molecule has 1 aromatic carbocycles. The maximum atomic E-state index is 9.67. The molecule has 0 spiro atoms. The molecule has 2 N–H and O–H groups in total. The molecule has 0 radical (unpaired) electrons. The van der Waals surface area contributed by atoms with E-state index < -0.39 is 5.60 Å². The van der Waals surface area contributed by atoms with E-state index in [1.807, 2.05) is 24.3 Å². The van der Waals surface area contributed by atoms with E-state index in [0.717, 1.165) is 16.7 Å². The topological polar surface area (TPSA) is 59.8 Å². The standard InChI is InChI=1S/C16H14N2O/c1-16(2,19)8-7-12-5-3-4-6-14(12)15-11-18-10-13(15)9-17/h3-6,10-11,18-19H,1-2H3. The van der Waals surface area contributed by atoms with Crippen LogP contribution in [0.25, 0.3) is 11.1 Å². The van der Waals surface area contributed by atoms with E-state index >= 15 is 0 Å². The largest absolute Gasteiger partial charge is 0.378 e. The maximum absolute atomic E-state index is 9.67. The predicted molar refractivity (Wildman–Crippen MR) is 74.1 cm³/mol. The number of rotatable bonds is 1. The Morgan fingerprint density at radius 1 is 1.11 bits per heavy atom. The molecular formula is C16H14N2O. The summed E-state index contributed by atoms with van der Waals surface area (Å²) in [5, 5.41) is 18.7. The first-order chi connectivity index (χ1) is 9.01. The van der Waals surface area contributed by atoms with Gasteiger partial charge in [0.05, 0.1) is 5.56 Å². The Kier molecular flexibility index (Phi) is 3.42. The third kappa shape index (κ3) is 3.04. The molecule has 0 aliphatic rings. The quantitative estimate of drug-likeness (QED) is 0.764. The van der Waals surface area contributed by atoms with E-state index in [0.29, 0.717) is 5.56 Å². The highest BCUT2D eigenvalue weighted by atomic mass is 16.3. The molecule has 0 aliphatic carbocycles. The van der Waals surface area contributed by atoms with E-state index in [-0.39, 0.29) is 0 Å². The SMILES string of the molecule is CC(C)(O)C#Cc1ccccc1-c1c[nH]cc1C#N. The van der Waals surface area contributed by atoms with Crippen molar-refractivity contribution in [3.63, 3.8) is 0 Å². The normalized spacial score (nSPS) is 10.4. The highest BCUT2D eigenvalue weighted by Gasteiger charge is 2.10. The van der Waals surface area contributed by atoms with Crippen LogP contribution in [0.4, 0.5) is 0 Å². The van der Waals surface area contributed by atoms with Crippen molar-refractivity contribution in [2.24, 2.45) is 0 Å². The van der Waals surface area contributed by atoms with Crippen LogP contribution in [0.1, 0.15) is 25.0 Å². The summed E-state index contributed by atoms with van der Waals surface area (Å²) in [6.07, 6.45) is 3.44. The monoisotopic (exact) mass is 250 g/mol.